The first kappa shape index (κ1) is 13.6. The van der Waals surface area contributed by atoms with Crippen molar-refractivity contribution in [3.8, 4) is 0 Å². The molecule has 0 bridgehead atoms. The number of aryl methyl sites for hydroxylation is 1. The molecule has 1 atom stereocenters. The maximum absolute atomic E-state index is 12.5. The van der Waals surface area contributed by atoms with Gasteiger partial charge in [0.15, 0.2) is 0 Å². The van der Waals surface area contributed by atoms with Gasteiger partial charge in [0.1, 0.15) is 12.2 Å². The molecule has 1 amide bonds. The highest BCUT2D eigenvalue weighted by molar-refractivity contribution is 5.97. The number of carboxylic acids is 1. The van der Waals surface area contributed by atoms with Crippen LogP contribution in [0.15, 0.2) is 10.7 Å². The summed E-state index contributed by atoms with van der Waals surface area (Å²) in [5.74, 6) is -0.342. The van der Waals surface area contributed by atoms with E-state index in [1.165, 1.54) is 6.26 Å². The molecule has 1 N–H and O–H groups in total. The van der Waals surface area contributed by atoms with Gasteiger partial charge < -0.3 is 14.4 Å². The minimum atomic E-state index is -0.990. The van der Waals surface area contributed by atoms with Gasteiger partial charge in [-0.25, -0.2) is 0 Å². The number of aliphatic carboxylic acids is 1. The van der Waals surface area contributed by atoms with E-state index in [1.54, 1.807) is 11.8 Å². The zero-order valence-electron chi connectivity index (χ0n) is 11.3. The monoisotopic (exact) mass is 265 g/mol. The summed E-state index contributed by atoms with van der Waals surface area (Å²) < 4.78 is 5.22. The molecule has 0 spiro atoms. The quantitative estimate of drug-likeness (QED) is 0.908. The van der Waals surface area contributed by atoms with Crippen molar-refractivity contribution in [3.05, 3.63) is 23.2 Å². The number of nitrogens with zero attached hydrogens (tertiary/aromatic N) is 1. The number of likely N-dealkylation sites (tertiary alicyclic amines) is 1. The Morgan fingerprint density at radius 2 is 2.26 bits per heavy atom. The van der Waals surface area contributed by atoms with E-state index in [0.717, 1.165) is 25.9 Å². The van der Waals surface area contributed by atoms with Gasteiger partial charge in [-0.05, 0) is 25.7 Å². The minimum absolute atomic E-state index is 0.103. The van der Waals surface area contributed by atoms with Crippen molar-refractivity contribution in [2.45, 2.75) is 33.1 Å². The van der Waals surface area contributed by atoms with Gasteiger partial charge in [0.25, 0.3) is 5.91 Å². The third-order valence-electron chi connectivity index (χ3n) is 3.52. The molecule has 0 radical (unpaired) electrons. The molecule has 2 rings (SSSR count). The minimum Gasteiger partial charge on any atom is -0.481 e. The molecular weight excluding hydrogens is 246 g/mol. The first-order valence-corrected chi connectivity index (χ1v) is 6.57. The number of rotatable bonds is 3. The van der Waals surface area contributed by atoms with E-state index in [9.17, 15) is 9.59 Å². The van der Waals surface area contributed by atoms with Crippen LogP contribution >= 0.6 is 0 Å². The highest BCUT2D eigenvalue weighted by Crippen LogP contribution is 2.23. The van der Waals surface area contributed by atoms with Crippen LogP contribution in [0.3, 0.4) is 0 Å². The van der Waals surface area contributed by atoms with Gasteiger partial charge in [0.2, 0.25) is 0 Å². The number of carbonyl (C=O) groups is 2. The van der Waals surface area contributed by atoms with E-state index in [1.807, 2.05) is 0 Å². The summed E-state index contributed by atoms with van der Waals surface area (Å²) in [5.41, 5.74) is 1.14. The number of amides is 1. The Balaban J connectivity index is 2.22. The van der Waals surface area contributed by atoms with Gasteiger partial charge in [-0.15, -0.1) is 0 Å². The van der Waals surface area contributed by atoms with Crippen LogP contribution in [-0.4, -0.2) is 35.0 Å². The van der Waals surface area contributed by atoms with E-state index in [-0.39, 0.29) is 18.1 Å². The van der Waals surface area contributed by atoms with Crippen LogP contribution in [0, 0.1) is 12.8 Å². The third-order valence-corrected chi connectivity index (χ3v) is 3.52. The molecule has 1 saturated heterocycles. The maximum Gasteiger partial charge on any atom is 0.311 e. The second-order valence-electron chi connectivity index (χ2n) is 5.29. The van der Waals surface area contributed by atoms with Gasteiger partial charge in [0.05, 0.1) is 11.8 Å². The Kier molecular flexibility index (Phi) is 3.93. The van der Waals surface area contributed by atoms with Crippen LogP contribution in [-0.2, 0) is 11.2 Å². The Hall–Kier alpha value is -1.78. The van der Waals surface area contributed by atoms with Crippen LogP contribution in [0.25, 0.3) is 0 Å². The second-order valence-corrected chi connectivity index (χ2v) is 5.29. The van der Waals surface area contributed by atoms with Crippen LogP contribution in [0.1, 0.15) is 41.4 Å². The molecule has 104 valence electrons. The van der Waals surface area contributed by atoms with E-state index in [4.69, 9.17) is 9.52 Å². The van der Waals surface area contributed by atoms with Crippen molar-refractivity contribution >= 4 is 11.9 Å². The number of furan rings is 1. The lowest BCUT2D eigenvalue weighted by molar-refractivity contribution is -0.136. The average Bonchev–Trinajstić information content (AvgIpc) is 2.69. The summed E-state index contributed by atoms with van der Waals surface area (Å²) in [6.45, 7) is 5.37. The molecule has 1 aromatic heterocycles. The Labute approximate surface area is 112 Å². The normalized spacial score (nSPS) is 19.5. The van der Waals surface area contributed by atoms with Crippen molar-refractivity contribution in [1.82, 2.24) is 4.90 Å². The Morgan fingerprint density at radius 3 is 2.89 bits per heavy atom. The Bertz CT molecular complexity index is 492. The molecule has 5 nitrogen and oxygen atoms in total. The SMILES string of the molecule is Cc1coc(CC(=O)O)c1C(=O)N1CCCC(C)C1. The number of carbonyl (C=O) groups excluding carboxylic acids is 1. The first-order chi connectivity index (χ1) is 8.99. The summed E-state index contributed by atoms with van der Waals surface area (Å²) >= 11 is 0. The molecule has 19 heavy (non-hydrogen) atoms. The fourth-order valence-corrected chi connectivity index (χ4v) is 2.58. The molecular formula is C14H19NO4. The summed E-state index contributed by atoms with van der Waals surface area (Å²) in [5, 5.41) is 8.85. The smallest absolute Gasteiger partial charge is 0.311 e. The largest absolute Gasteiger partial charge is 0.481 e. The molecule has 0 aromatic carbocycles. The number of carboxylic acid groups (broad SMARTS) is 1. The second kappa shape index (κ2) is 5.47. The molecule has 1 aromatic rings. The fourth-order valence-electron chi connectivity index (χ4n) is 2.58. The predicted molar refractivity (Wildman–Crippen MR) is 69.1 cm³/mol. The molecule has 0 saturated carbocycles. The number of hydrogen-bond donors (Lipinski definition) is 1. The van der Waals surface area contributed by atoms with E-state index < -0.39 is 5.97 Å². The lowest BCUT2D eigenvalue weighted by Crippen LogP contribution is -2.39. The summed E-state index contributed by atoms with van der Waals surface area (Å²) in [6, 6.07) is 0. The zero-order valence-corrected chi connectivity index (χ0v) is 11.3. The molecule has 1 aliphatic rings. The zero-order chi connectivity index (χ0) is 14.0. The molecule has 0 aliphatic carbocycles. The third kappa shape index (κ3) is 2.97. The summed E-state index contributed by atoms with van der Waals surface area (Å²) in [6.07, 6.45) is 3.34. The maximum atomic E-state index is 12.5. The molecule has 1 fully saturated rings. The number of piperidine rings is 1. The summed E-state index contributed by atoms with van der Waals surface area (Å²) in [4.78, 5) is 25.1. The van der Waals surface area contributed by atoms with Gasteiger partial charge in [-0.1, -0.05) is 6.92 Å². The van der Waals surface area contributed by atoms with Crippen LogP contribution in [0.5, 0.6) is 0 Å². The average molecular weight is 265 g/mol. The van der Waals surface area contributed by atoms with Gasteiger partial charge in [0, 0.05) is 18.7 Å². The fraction of sp³-hybridized carbons (Fsp3) is 0.571. The van der Waals surface area contributed by atoms with Crippen molar-refractivity contribution in [3.63, 3.8) is 0 Å². The first-order valence-electron chi connectivity index (χ1n) is 6.57. The van der Waals surface area contributed by atoms with Gasteiger partial charge in [-0.3, -0.25) is 9.59 Å². The predicted octanol–water partition coefficient (Wildman–Crippen LogP) is 2.09. The van der Waals surface area contributed by atoms with Gasteiger partial charge in [-0.2, -0.15) is 0 Å². The van der Waals surface area contributed by atoms with Crippen molar-refractivity contribution in [2.75, 3.05) is 13.1 Å². The van der Waals surface area contributed by atoms with E-state index in [0.29, 0.717) is 17.0 Å². The standard InChI is InChI=1S/C14H19NO4/c1-9-4-3-5-15(7-9)14(18)13-10(2)8-19-11(13)6-12(16)17/h8-9H,3-7H2,1-2H3,(H,16,17). The molecule has 2 heterocycles. The highest BCUT2D eigenvalue weighted by Gasteiger charge is 2.27. The van der Waals surface area contributed by atoms with Crippen molar-refractivity contribution in [2.24, 2.45) is 5.92 Å². The molecule has 1 aliphatic heterocycles. The lowest BCUT2D eigenvalue weighted by atomic mass is 9.99. The Morgan fingerprint density at radius 1 is 1.53 bits per heavy atom. The van der Waals surface area contributed by atoms with E-state index >= 15 is 0 Å². The van der Waals surface area contributed by atoms with Crippen molar-refractivity contribution < 1.29 is 19.1 Å². The summed E-state index contributed by atoms with van der Waals surface area (Å²) in [7, 11) is 0. The lowest BCUT2D eigenvalue weighted by Gasteiger charge is -2.31. The van der Waals surface area contributed by atoms with Gasteiger partial charge >= 0.3 is 5.97 Å². The highest BCUT2D eigenvalue weighted by atomic mass is 16.4. The molecule has 5 heteroatoms. The van der Waals surface area contributed by atoms with Crippen molar-refractivity contribution in [1.29, 1.82) is 0 Å². The van der Waals surface area contributed by atoms with Crippen LogP contribution in [0.2, 0.25) is 0 Å². The molecule has 1 unspecified atom stereocenters. The van der Waals surface area contributed by atoms with E-state index in [2.05, 4.69) is 6.92 Å². The van der Waals surface area contributed by atoms with Crippen LogP contribution in [0.4, 0.5) is 0 Å². The van der Waals surface area contributed by atoms with Crippen LogP contribution < -0.4 is 0 Å². The number of hydrogen-bond acceptors (Lipinski definition) is 3. The topological polar surface area (TPSA) is 70.7 Å².